The Balaban J connectivity index is 1.41. The Morgan fingerprint density at radius 1 is 0.605 bits per heavy atom. The maximum Gasteiger partial charge on any atom is 0.0702 e. The molecule has 2 heteroatoms. The number of pyridine rings is 1. The first-order chi connectivity index (χ1) is 18.7. The van der Waals surface area contributed by atoms with Crippen molar-refractivity contribution in [1.29, 1.82) is 0 Å². The van der Waals surface area contributed by atoms with Crippen molar-refractivity contribution in [3.63, 3.8) is 0 Å². The lowest BCUT2D eigenvalue weighted by Crippen LogP contribution is -1.86. The van der Waals surface area contributed by atoms with Crippen molar-refractivity contribution < 1.29 is 0 Å². The van der Waals surface area contributed by atoms with Crippen molar-refractivity contribution in [3.8, 4) is 11.3 Å². The first kappa shape index (κ1) is 22.1. The van der Waals surface area contributed by atoms with Gasteiger partial charge in [0.15, 0.2) is 0 Å². The third-order valence-corrected chi connectivity index (χ3v) is 7.45. The van der Waals surface area contributed by atoms with Crippen LogP contribution in [0.3, 0.4) is 0 Å². The van der Waals surface area contributed by atoms with E-state index in [1.165, 1.54) is 53.9 Å². The molecule has 0 saturated heterocycles. The monoisotopic (exact) mass is 484 g/mol. The van der Waals surface area contributed by atoms with Gasteiger partial charge in [-0.25, -0.2) is 0 Å². The number of aliphatic imine (C=N–C) groups is 1. The minimum absolute atomic E-state index is 0.825. The zero-order chi connectivity index (χ0) is 25.6. The third kappa shape index (κ3) is 3.58. The summed E-state index contributed by atoms with van der Waals surface area (Å²) in [5.74, 6) is 0. The highest BCUT2D eigenvalue weighted by molar-refractivity contribution is 6.21. The number of nitrogens with zero attached hydrogens (tertiary/aromatic N) is 2. The molecule has 0 aliphatic rings. The predicted molar refractivity (Wildman–Crippen MR) is 165 cm³/mol. The van der Waals surface area contributed by atoms with Crippen LogP contribution >= 0.6 is 0 Å². The first-order valence-corrected chi connectivity index (χ1v) is 12.7. The predicted octanol–water partition coefficient (Wildman–Crippen LogP) is 9.74. The van der Waals surface area contributed by atoms with E-state index in [0.717, 1.165) is 22.5 Å². The molecule has 1 heterocycles. The molecule has 1 aromatic heterocycles. The summed E-state index contributed by atoms with van der Waals surface area (Å²) < 4.78 is 0. The SMILES string of the molecule is C=C/C=C(\N=C)c1ccc2cc3c(ccc4c5cc6ccc(-c7ccccn7)cc6cc5ccc34)cc2c1. The average molecular weight is 485 g/mol. The van der Waals surface area contributed by atoms with Gasteiger partial charge in [-0.1, -0.05) is 67.3 Å². The molecule has 0 aliphatic heterocycles. The molecule has 0 bridgehead atoms. The largest absolute Gasteiger partial charge is 0.264 e. The molecule has 0 saturated carbocycles. The molecule has 0 fully saturated rings. The fraction of sp³-hybridized carbons (Fsp3) is 0. The van der Waals surface area contributed by atoms with Crippen LogP contribution < -0.4 is 0 Å². The van der Waals surface area contributed by atoms with Crippen LogP contribution in [0.5, 0.6) is 0 Å². The Morgan fingerprint density at radius 2 is 1.26 bits per heavy atom. The maximum atomic E-state index is 4.52. The van der Waals surface area contributed by atoms with Crippen molar-refractivity contribution >= 4 is 66.3 Å². The fourth-order valence-electron chi connectivity index (χ4n) is 5.57. The molecule has 2 nitrogen and oxygen atoms in total. The van der Waals surface area contributed by atoms with E-state index in [4.69, 9.17) is 0 Å². The number of hydrogen-bond acceptors (Lipinski definition) is 2. The second-order valence-corrected chi connectivity index (χ2v) is 9.66. The van der Waals surface area contributed by atoms with E-state index in [1.54, 1.807) is 6.08 Å². The summed E-state index contributed by atoms with van der Waals surface area (Å²) >= 11 is 0. The number of fused-ring (bicyclic) bond motifs is 7. The molecule has 0 atom stereocenters. The second-order valence-electron chi connectivity index (χ2n) is 9.66. The number of hydrogen-bond donors (Lipinski definition) is 0. The van der Waals surface area contributed by atoms with Gasteiger partial charge in [-0.05, 0) is 115 Å². The fourth-order valence-corrected chi connectivity index (χ4v) is 5.57. The summed E-state index contributed by atoms with van der Waals surface area (Å²) in [4.78, 5) is 8.69. The molecule has 7 aromatic rings. The third-order valence-electron chi connectivity index (χ3n) is 7.45. The maximum absolute atomic E-state index is 4.52. The summed E-state index contributed by atoms with van der Waals surface area (Å²) in [6.45, 7) is 7.51. The Labute approximate surface area is 220 Å². The first-order valence-electron chi connectivity index (χ1n) is 12.7. The number of benzene rings is 6. The van der Waals surface area contributed by atoms with Gasteiger partial charge in [0, 0.05) is 17.3 Å². The highest BCUT2D eigenvalue weighted by Gasteiger charge is 2.09. The van der Waals surface area contributed by atoms with E-state index in [-0.39, 0.29) is 0 Å². The molecular formula is C36H24N2. The molecule has 6 aromatic carbocycles. The van der Waals surface area contributed by atoms with Gasteiger partial charge in [0.2, 0.25) is 0 Å². The molecular weight excluding hydrogens is 460 g/mol. The van der Waals surface area contributed by atoms with Crippen LogP contribution in [0.4, 0.5) is 0 Å². The Morgan fingerprint density at radius 3 is 1.89 bits per heavy atom. The smallest absolute Gasteiger partial charge is 0.0702 e. The van der Waals surface area contributed by atoms with Crippen LogP contribution in [-0.2, 0) is 0 Å². The van der Waals surface area contributed by atoms with Gasteiger partial charge in [0.25, 0.3) is 0 Å². The molecule has 178 valence electrons. The van der Waals surface area contributed by atoms with E-state index < -0.39 is 0 Å². The summed E-state index contributed by atoms with van der Waals surface area (Å²) in [5, 5.41) is 12.4. The topological polar surface area (TPSA) is 25.2 Å². The summed E-state index contributed by atoms with van der Waals surface area (Å²) in [7, 11) is 0. The number of aromatic nitrogens is 1. The Kier molecular flexibility index (Phi) is 5.12. The lowest BCUT2D eigenvalue weighted by Gasteiger charge is -2.11. The molecule has 0 amide bonds. The molecule has 38 heavy (non-hydrogen) atoms. The molecule has 7 rings (SSSR count). The van der Waals surface area contributed by atoms with Gasteiger partial charge in [-0.15, -0.1) is 0 Å². The van der Waals surface area contributed by atoms with Gasteiger partial charge in [0.05, 0.1) is 11.4 Å². The van der Waals surface area contributed by atoms with Gasteiger partial charge in [0.1, 0.15) is 0 Å². The van der Waals surface area contributed by atoms with Crippen LogP contribution in [0.1, 0.15) is 5.56 Å². The zero-order valence-electron chi connectivity index (χ0n) is 20.9. The number of allylic oxidation sites excluding steroid dienone is 2. The average Bonchev–Trinajstić information content (AvgIpc) is 2.97. The van der Waals surface area contributed by atoms with Crippen molar-refractivity contribution in [2.75, 3.05) is 0 Å². The van der Waals surface area contributed by atoms with Crippen LogP contribution in [-0.4, -0.2) is 11.7 Å². The summed E-state index contributed by atoms with van der Waals surface area (Å²) in [6.07, 6.45) is 5.47. The normalized spacial score (nSPS) is 12.1. The highest BCUT2D eigenvalue weighted by Crippen LogP contribution is 2.36. The Hall–Kier alpha value is -5.08. The van der Waals surface area contributed by atoms with Crippen molar-refractivity contribution in [3.05, 3.63) is 134 Å². The Bertz CT molecular complexity index is 2100. The van der Waals surface area contributed by atoms with Crippen LogP contribution in [0.15, 0.2) is 133 Å². The van der Waals surface area contributed by atoms with Crippen LogP contribution in [0.2, 0.25) is 0 Å². The van der Waals surface area contributed by atoms with Crippen molar-refractivity contribution in [1.82, 2.24) is 4.98 Å². The second kappa shape index (κ2) is 8.79. The van der Waals surface area contributed by atoms with Crippen LogP contribution in [0, 0.1) is 0 Å². The van der Waals surface area contributed by atoms with Crippen LogP contribution in [0.25, 0.3) is 70.8 Å². The summed E-state index contributed by atoms with van der Waals surface area (Å²) in [6, 6.07) is 37.3. The van der Waals surface area contributed by atoms with E-state index in [2.05, 4.69) is 114 Å². The molecule has 0 unspecified atom stereocenters. The molecule has 0 radical (unpaired) electrons. The summed E-state index contributed by atoms with van der Waals surface area (Å²) in [5.41, 5.74) is 3.99. The molecule has 0 spiro atoms. The lowest BCUT2D eigenvalue weighted by molar-refractivity contribution is 1.33. The minimum atomic E-state index is 0.825. The van der Waals surface area contributed by atoms with Gasteiger partial charge in [-0.2, -0.15) is 0 Å². The number of rotatable bonds is 4. The van der Waals surface area contributed by atoms with Gasteiger partial charge < -0.3 is 0 Å². The van der Waals surface area contributed by atoms with E-state index >= 15 is 0 Å². The van der Waals surface area contributed by atoms with E-state index in [9.17, 15) is 0 Å². The van der Waals surface area contributed by atoms with E-state index in [1.807, 2.05) is 24.4 Å². The van der Waals surface area contributed by atoms with Crippen molar-refractivity contribution in [2.45, 2.75) is 0 Å². The lowest BCUT2D eigenvalue weighted by atomic mass is 9.93. The highest BCUT2D eigenvalue weighted by atomic mass is 14.7. The zero-order valence-corrected chi connectivity index (χ0v) is 20.9. The van der Waals surface area contributed by atoms with Gasteiger partial charge >= 0.3 is 0 Å². The molecule has 0 N–H and O–H groups in total. The van der Waals surface area contributed by atoms with Crippen molar-refractivity contribution in [2.24, 2.45) is 4.99 Å². The van der Waals surface area contributed by atoms with E-state index in [0.29, 0.717) is 0 Å². The quantitative estimate of drug-likeness (QED) is 0.106. The van der Waals surface area contributed by atoms with Gasteiger partial charge in [-0.3, -0.25) is 9.98 Å². The molecule has 0 aliphatic carbocycles. The minimum Gasteiger partial charge on any atom is -0.264 e. The standard InChI is InChI=1S/C36H24N2/c1-3-6-35(37-2)27-10-8-23-21-33-25(17-29(23)19-27)12-14-32-31(33)15-13-26-18-30-20-28(36-7-4-5-16-38-36)11-9-24(30)22-34(26)32/h3-22H,1-2H2/b35-6-.